The predicted octanol–water partition coefficient (Wildman–Crippen LogP) is 0.919. The lowest BCUT2D eigenvalue weighted by Crippen LogP contribution is -2.67. The van der Waals surface area contributed by atoms with Gasteiger partial charge in [0, 0.05) is 13.1 Å². The third kappa shape index (κ3) is 0.660. The fourth-order valence-electron chi connectivity index (χ4n) is 2.87. The summed E-state index contributed by atoms with van der Waals surface area (Å²) in [6.07, 6.45) is 2.12. The van der Waals surface area contributed by atoms with E-state index in [-0.39, 0.29) is 6.10 Å². The molecular weight excluding hydrogens is 193 g/mol. The minimum absolute atomic E-state index is 0.0965. The number of piperidine rings is 3. The number of nitrogens with zero attached hydrogens (tertiary/aromatic N) is 1. The van der Waals surface area contributed by atoms with Gasteiger partial charge >= 0.3 is 7.82 Å². The lowest BCUT2D eigenvalue weighted by atomic mass is 9.83. The van der Waals surface area contributed by atoms with E-state index in [1.165, 1.54) is 0 Å². The van der Waals surface area contributed by atoms with E-state index < -0.39 is 13.7 Å². The van der Waals surface area contributed by atoms with Gasteiger partial charge < -0.3 is 0 Å². The second kappa shape index (κ2) is 1.88. The Morgan fingerprint density at radius 3 is 2.62 bits per heavy atom. The van der Waals surface area contributed by atoms with Gasteiger partial charge in [0.05, 0.1) is 0 Å². The van der Waals surface area contributed by atoms with Crippen LogP contribution in [0.3, 0.4) is 0 Å². The molecule has 0 saturated carbocycles. The van der Waals surface area contributed by atoms with Gasteiger partial charge in [-0.15, -0.1) is 0 Å². The van der Waals surface area contributed by atoms with Gasteiger partial charge in [-0.05, 0) is 18.8 Å². The monoisotopic (exact) mass is 203 g/mol. The lowest BCUT2D eigenvalue weighted by molar-refractivity contribution is -0.314. The van der Waals surface area contributed by atoms with Crippen LogP contribution in [0.25, 0.3) is 0 Å². The molecule has 6 aliphatic heterocycles. The van der Waals surface area contributed by atoms with E-state index in [0.717, 1.165) is 25.9 Å². The summed E-state index contributed by atoms with van der Waals surface area (Å²) in [5.41, 5.74) is 0. The van der Waals surface area contributed by atoms with Gasteiger partial charge in [-0.2, -0.15) is 0 Å². The van der Waals surface area contributed by atoms with Crippen molar-refractivity contribution in [3.63, 3.8) is 0 Å². The molecule has 4 bridgehead atoms. The molecule has 5 nitrogen and oxygen atoms in total. The number of hydrogen-bond donors (Lipinski definition) is 0. The van der Waals surface area contributed by atoms with Crippen LogP contribution in [0, 0.1) is 5.92 Å². The van der Waals surface area contributed by atoms with Crippen molar-refractivity contribution in [1.29, 1.82) is 0 Å². The molecule has 1 atom stereocenters. The fraction of sp³-hybridized carbons (Fsp3) is 1.00. The summed E-state index contributed by atoms with van der Waals surface area (Å²) in [6.45, 7) is 1.95. The van der Waals surface area contributed by atoms with Crippen molar-refractivity contribution in [2.75, 3.05) is 13.1 Å². The summed E-state index contributed by atoms with van der Waals surface area (Å²) in [5.74, 6) is -0.264. The van der Waals surface area contributed by atoms with Gasteiger partial charge in [-0.1, -0.05) is 0 Å². The maximum absolute atomic E-state index is 11.5. The molecule has 1 spiro atoms. The molecule has 0 radical (unpaired) electrons. The lowest BCUT2D eigenvalue weighted by Gasteiger charge is -2.53. The Labute approximate surface area is 75.6 Å². The van der Waals surface area contributed by atoms with E-state index in [1.807, 2.05) is 0 Å². The standard InChI is InChI=1S/C7H10NO4P/c9-13-10-6-5-1-3-8(4-2-5)7(6,11-13)12-13/h5-6H,1-4H2. The highest BCUT2D eigenvalue weighted by atomic mass is 31.2. The molecule has 0 aliphatic carbocycles. The first-order valence-corrected chi connectivity index (χ1v) is 6.13. The van der Waals surface area contributed by atoms with Crippen LogP contribution < -0.4 is 0 Å². The van der Waals surface area contributed by atoms with Crippen LogP contribution in [0.5, 0.6) is 0 Å². The molecule has 6 fully saturated rings. The SMILES string of the molecule is O=P12OC3C4CCN(CC4)C3(O1)O2. The van der Waals surface area contributed by atoms with Crippen LogP contribution in [-0.2, 0) is 18.1 Å². The average molecular weight is 203 g/mol. The van der Waals surface area contributed by atoms with Gasteiger partial charge in [0.25, 0.3) is 5.91 Å². The van der Waals surface area contributed by atoms with Crippen LogP contribution in [0.4, 0.5) is 0 Å². The Balaban J connectivity index is 1.84. The molecule has 6 heteroatoms. The molecule has 6 aliphatic rings. The Hall–Kier alpha value is 0.0700. The van der Waals surface area contributed by atoms with Crippen molar-refractivity contribution in [1.82, 2.24) is 4.90 Å². The van der Waals surface area contributed by atoms with Gasteiger partial charge in [-0.25, -0.2) is 18.5 Å². The molecule has 72 valence electrons. The number of phosphoric ester groups is 1. The number of phosphoric acid groups is 1. The van der Waals surface area contributed by atoms with E-state index in [2.05, 4.69) is 4.90 Å². The maximum Gasteiger partial charge on any atom is 0.482 e. The van der Waals surface area contributed by atoms with Crippen LogP contribution in [0.15, 0.2) is 0 Å². The molecule has 0 aromatic carbocycles. The zero-order chi connectivity index (χ0) is 8.68. The summed E-state index contributed by atoms with van der Waals surface area (Å²) in [7, 11) is -3.09. The molecule has 0 amide bonds. The predicted molar refractivity (Wildman–Crippen MR) is 41.7 cm³/mol. The highest BCUT2D eigenvalue weighted by Crippen LogP contribution is 2.77. The number of rotatable bonds is 0. The fourth-order valence-corrected chi connectivity index (χ4v) is 4.64. The molecule has 0 aromatic rings. The first-order valence-electron chi connectivity index (χ1n) is 4.67. The summed E-state index contributed by atoms with van der Waals surface area (Å²) in [4.78, 5) is 2.11. The third-order valence-electron chi connectivity index (χ3n) is 3.50. The quantitative estimate of drug-likeness (QED) is 0.548. The number of hydrogen-bond acceptors (Lipinski definition) is 5. The van der Waals surface area contributed by atoms with Gasteiger partial charge in [0.2, 0.25) is 0 Å². The highest BCUT2D eigenvalue weighted by Gasteiger charge is 2.77. The molecule has 1 unspecified atom stereocenters. The van der Waals surface area contributed by atoms with E-state index in [9.17, 15) is 4.57 Å². The first kappa shape index (κ1) is 7.37. The molecular formula is C7H10NO4P. The van der Waals surface area contributed by atoms with Crippen molar-refractivity contribution in [3.05, 3.63) is 0 Å². The molecule has 0 N–H and O–H groups in total. The molecule has 6 rings (SSSR count). The minimum Gasteiger partial charge on any atom is -0.276 e. The summed E-state index contributed by atoms with van der Waals surface area (Å²) in [5, 5.41) is 0. The number of fused-ring (bicyclic) bond motifs is 2. The summed E-state index contributed by atoms with van der Waals surface area (Å²) < 4.78 is 27.4. The average Bonchev–Trinajstić information content (AvgIpc) is 2.56. The zero-order valence-corrected chi connectivity index (χ0v) is 7.90. The minimum atomic E-state index is -3.09. The Kier molecular flexibility index (Phi) is 1.06. The van der Waals surface area contributed by atoms with Crippen LogP contribution in [0.1, 0.15) is 12.8 Å². The zero-order valence-electron chi connectivity index (χ0n) is 7.01. The van der Waals surface area contributed by atoms with E-state index in [4.69, 9.17) is 13.6 Å². The highest BCUT2D eigenvalue weighted by molar-refractivity contribution is 7.50. The van der Waals surface area contributed by atoms with Crippen LogP contribution >= 0.6 is 7.82 Å². The normalized spacial score (nSPS) is 67.5. The van der Waals surface area contributed by atoms with Crippen molar-refractivity contribution < 1.29 is 18.1 Å². The maximum atomic E-state index is 11.5. The summed E-state index contributed by atoms with van der Waals surface area (Å²) in [6, 6.07) is 0. The van der Waals surface area contributed by atoms with Crippen LogP contribution in [-0.4, -0.2) is 30.0 Å². The van der Waals surface area contributed by atoms with Crippen LogP contribution in [0.2, 0.25) is 0 Å². The largest absolute Gasteiger partial charge is 0.482 e. The third-order valence-corrected chi connectivity index (χ3v) is 4.95. The van der Waals surface area contributed by atoms with Gasteiger partial charge in [0.1, 0.15) is 6.10 Å². The second-order valence-corrected chi connectivity index (χ2v) is 5.58. The Bertz CT molecular complexity index is 306. The van der Waals surface area contributed by atoms with Crippen molar-refractivity contribution in [2.45, 2.75) is 24.9 Å². The Morgan fingerprint density at radius 1 is 1.31 bits per heavy atom. The van der Waals surface area contributed by atoms with E-state index in [1.54, 1.807) is 0 Å². The van der Waals surface area contributed by atoms with Gasteiger partial charge in [0.15, 0.2) is 0 Å². The van der Waals surface area contributed by atoms with Gasteiger partial charge in [-0.3, -0.25) is 4.52 Å². The molecule has 0 aromatic heterocycles. The topological polar surface area (TPSA) is 48.0 Å². The van der Waals surface area contributed by atoms with Crippen molar-refractivity contribution in [3.8, 4) is 0 Å². The smallest absolute Gasteiger partial charge is 0.276 e. The molecule has 6 saturated heterocycles. The van der Waals surface area contributed by atoms with E-state index >= 15 is 0 Å². The van der Waals surface area contributed by atoms with Crippen molar-refractivity contribution in [2.24, 2.45) is 5.92 Å². The second-order valence-electron chi connectivity index (χ2n) is 4.11. The van der Waals surface area contributed by atoms with Crippen molar-refractivity contribution >= 4 is 7.82 Å². The Morgan fingerprint density at radius 2 is 2.00 bits per heavy atom. The van der Waals surface area contributed by atoms with E-state index in [0.29, 0.717) is 5.92 Å². The first-order chi connectivity index (χ1) is 6.22. The molecule has 6 heterocycles. The summed E-state index contributed by atoms with van der Waals surface area (Å²) >= 11 is 0. The molecule has 13 heavy (non-hydrogen) atoms.